The Balaban J connectivity index is 0.00000158. The number of hydrogen-bond acceptors (Lipinski definition) is 5. The van der Waals surface area contributed by atoms with Crippen LogP contribution in [0.4, 0.5) is 11.5 Å². The molecule has 1 amide bonds. The number of carbonyl (C=O) groups excluding carboxylic acids is 1. The topological polar surface area (TPSA) is 80.9 Å². The van der Waals surface area contributed by atoms with E-state index in [-0.39, 0.29) is 5.91 Å². The summed E-state index contributed by atoms with van der Waals surface area (Å²) < 4.78 is 0. The summed E-state index contributed by atoms with van der Waals surface area (Å²) >= 11 is 1.62. The van der Waals surface area contributed by atoms with Gasteiger partial charge in [-0.3, -0.25) is 4.79 Å². The van der Waals surface area contributed by atoms with Gasteiger partial charge in [0.05, 0.1) is 11.4 Å². The zero-order valence-electron chi connectivity index (χ0n) is 20.5. The molecule has 6 heteroatoms. The van der Waals surface area contributed by atoms with Gasteiger partial charge in [0.15, 0.2) is 5.82 Å². The Hall–Kier alpha value is -3.12. The molecule has 3 aromatic rings. The quantitative estimate of drug-likeness (QED) is 0.380. The van der Waals surface area contributed by atoms with Gasteiger partial charge in [0.1, 0.15) is 5.69 Å². The van der Waals surface area contributed by atoms with Gasteiger partial charge in [-0.1, -0.05) is 63.2 Å². The molecule has 1 aliphatic carbocycles. The highest BCUT2D eigenvalue weighted by atomic mass is 32.2. The number of rotatable bonds is 7. The Morgan fingerprint density at radius 3 is 2.59 bits per heavy atom. The number of hydrogen-bond donors (Lipinski definition) is 2. The van der Waals surface area contributed by atoms with Crippen LogP contribution in [0.1, 0.15) is 56.1 Å². The number of anilines is 2. The van der Waals surface area contributed by atoms with Crippen molar-refractivity contribution in [2.75, 3.05) is 17.3 Å². The standard InChI is InChI=1S/C26H28N4OS.C2H6/c1-3-7-22(32-2)25-26(29-23(31)15-10-17-8-5-4-6-9-17)28-21-14-11-18-16-19(27)12-13-20(18)24(21)30-25;1-2/h4-9,12-13,16H,3,10-11,14-15,27H2,1-2H3,(H,28,29,31);1-2H3/b22-7-;. The van der Waals surface area contributed by atoms with Crippen LogP contribution in [0.2, 0.25) is 0 Å². The first kappa shape index (κ1) is 25.5. The van der Waals surface area contributed by atoms with E-state index < -0.39 is 0 Å². The fourth-order valence-electron chi connectivity index (χ4n) is 3.98. The van der Waals surface area contributed by atoms with E-state index in [1.807, 2.05) is 68.6 Å². The molecule has 4 rings (SSSR count). The maximum Gasteiger partial charge on any atom is 0.225 e. The van der Waals surface area contributed by atoms with Crippen molar-refractivity contribution in [2.24, 2.45) is 0 Å². The highest BCUT2D eigenvalue weighted by Gasteiger charge is 2.23. The SMILES string of the molecule is CC.CC/C=C(\SC)c1nc2c(nc1NC(=O)CCc1ccccc1)CCc1cc(N)ccc1-2. The molecule has 1 aromatic heterocycles. The van der Waals surface area contributed by atoms with Crippen molar-refractivity contribution in [3.05, 3.63) is 77.1 Å². The van der Waals surface area contributed by atoms with Crippen molar-refractivity contribution in [2.45, 2.75) is 52.9 Å². The van der Waals surface area contributed by atoms with Crippen molar-refractivity contribution in [3.63, 3.8) is 0 Å². The number of nitrogens with one attached hydrogen (secondary N) is 1. The second-order valence-corrected chi connectivity index (χ2v) is 8.70. The lowest BCUT2D eigenvalue weighted by Crippen LogP contribution is -2.18. The summed E-state index contributed by atoms with van der Waals surface area (Å²) in [6.07, 6.45) is 7.77. The third kappa shape index (κ3) is 6.06. The summed E-state index contributed by atoms with van der Waals surface area (Å²) in [6.45, 7) is 6.10. The molecule has 5 nitrogen and oxygen atoms in total. The van der Waals surface area contributed by atoms with E-state index in [1.54, 1.807) is 11.8 Å². The van der Waals surface area contributed by atoms with Gasteiger partial charge in [-0.05, 0) is 55.2 Å². The van der Waals surface area contributed by atoms with Gasteiger partial charge < -0.3 is 11.1 Å². The smallest absolute Gasteiger partial charge is 0.225 e. The normalized spacial score (nSPS) is 12.2. The Kier molecular flexibility index (Phi) is 9.28. The van der Waals surface area contributed by atoms with Gasteiger partial charge in [-0.25, -0.2) is 9.97 Å². The van der Waals surface area contributed by atoms with Crippen LogP contribution in [0.15, 0.2) is 54.6 Å². The number of thioether (sulfide) groups is 1. The van der Waals surface area contributed by atoms with Crippen LogP contribution in [-0.2, 0) is 24.1 Å². The average molecular weight is 475 g/mol. The molecule has 0 radical (unpaired) electrons. The predicted octanol–water partition coefficient (Wildman–Crippen LogP) is 6.54. The summed E-state index contributed by atoms with van der Waals surface area (Å²) in [6, 6.07) is 16.0. The molecule has 0 saturated carbocycles. The number of carbonyl (C=O) groups is 1. The predicted molar refractivity (Wildman–Crippen MR) is 146 cm³/mol. The molecule has 0 saturated heterocycles. The first-order chi connectivity index (χ1) is 16.6. The number of aromatic nitrogens is 2. The maximum atomic E-state index is 12.8. The number of nitrogen functional groups attached to an aromatic ring is 1. The summed E-state index contributed by atoms with van der Waals surface area (Å²) in [5, 5.41) is 3.05. The van der Waals surface area contributed by atoms with Gasteiger partial charge in [-0.2, -0.15) is 0 Å². The Labute approximate surface area is 207 Å². The highest BCUT2D eigenvalue weighted by Crippen LogP contribution is 2.37. The van der Waals surface area contributed by atoms with E-state index in [0.717, 1.165) is 58.1 Å². The minimum Gasteiger partial charge on any atom is -0.399 e. The summed E-state index contributed by atoms with van der Waals surface area (Å²) in [7, 11) is 0. The van der Waals surface area contributed by atoms with Crippen LogP contribution in [0.25, 0.3) is 16.2 Å². The van der Waals surface area contributed by atoms with Crippen LogP contribution >= 0.6 is 11.8 Å². The molecule has 0 fully saturated rings. The largest absolute Gasteiger partial charge is 0.399 e. The van der Waals surface area contributed by atoms with Crippen molar-refractivity contribution in [1.29, 1.82) is 0 Å². The lowest BCUT2D eigenvalue weighted by molar-refractivity contribution is -0.116. The zero-order chi connectivity index (χ0) is 24.5. The molecule has 0 spiro atoms. The fourth-order valence-corrected chi connectivity index (χ4v) is 4.65. The van der Waals surface area contributed by atoms with Crippen LogP contribution in [0.3, 0.4) is 0 Å². The number of amides is 1. The summed E-state index contributed by atoms with van der Waals surface area (Å²) in [4.78, 5) is 23.7. The van der Waals surface area contributed by atoms with Crippen molar-refractivity contribution < 1.29 is 4.79 Å². The Morgan fingerprint density at radius 2 is 1.88 bits per heavy atom. The van der Waals surface area contributed by atoms with E-state index >= 15 is 0 Å². The number of benzene rings is 2. The second kappa shape index (κ2) is 12.4. The lowest BCUT2D eigenvalue weighted by atomic mass is 9.91. The zero-order valence-corrected chi connectivity index (χ0v) is 21.3. The number of nitrogens with zero attached hydrogens (tertiary/aromatic N) is 2. The third-order valence-electron chi connectivity index (χ3n) is 5.57. The molecule has 2 aromatic carbocycles. The van der Waals surface area contributed by atoms with E-state index in [4.69, 9.17) is 15.7 Å². The Morgan fingerprint density at radius 1 is 1.12 bits per heavy atom. The van der Waals surface area contributed by atoms with Gasteiger partial charge in [0.2, 0.25) is 5.91 Å². The summed E-state index contributed by atoms with van der Waals surface area (Å²) in [5.74, 6) is 0.500. The van der Waals surface area contributed by atoms with Crippen molar-refractivity contribution in [1.82, 2.24) is 9.97 Å². The number of fused-ring (bicyclic) bond motifs is 3. The molecule has 0 aliphatic heterocycles. The van der Waals surface area contributed by atoms with Gasteiger partial charge in [0.25, 0.3) is 0 Å². The first-order valence-corrected chi connectivity index (χ1v) is 13.2. The minimum atomic E-state index is -0.0507. The molecule has 178 valence electrons. The molecule has 0 unspecified atom stereocenters. The molecule has 1 aliphatic rings. The van der Waals surface area contributed by atoms with Crippen molar-refractivity contribution >= 4 is 34.1 Å². The van der Waals surface area contributed by atoms with Gasteiger partial charge in [-0.15, -0.1) is 11.8 Å². The van der Waals surface area contributed by atoms with E-state index in [9.17, 15) is 4.79 Å². The maximum absolute atomic E-state index is 12.8. The first-order valence-electron chi connectivity index (χ1n) is 12.0. The number of aryl methyl sites for hydroxylation is 3. The molecule has 1 heterocycles. The molecular weight excluding hydrogens is 440 g/mol. The minimum absolute atomic E-state index is 0.0507. The monoisotopic (exact) mass is 474 g/mol. The fraction of sp³-hybridized carbons (Fsp3) is 0.321. The molecule has 0 atom stereocenters. The van der Waals surface area contributed by atoms with Gasteiger partial charge in [0, 0.05) is 22.6 Å². The van der Waals surface area contributed by atoms with Gasteiger partial charge >= 0.3 is 0 Å². The molecule has 34 heavy (non-hydrogen) atoms. The van der Waals surface area contributed by atoms with Crippen molar-refractivity contribution in [3.8, 4) is 11.3 Å². The van der Waals surface area contributed by atoms with Crippen LogP contribution in [0, 0.1) is 0 Å². The molecule has 3 N–H and O–H groups in total. The Bertz CT molecular complexity index is 1160. The second-order valence-electron chi connectivity index (χ2n) is 7.85. The highest BCUT2D eigenvalue weighted by molar-refractivity contribution is 8.07. The molecular formula is C28H34N4OS. The van der Waals surface area contributed by atoms with Crippen LogP contribution in [-0.4, -0.2) is 22.1 Å². The summed E-state index contributed by atoms with van der Waals surface area (Å²) in [5.41, 5.74) is 12.7. The van der Waals surface area contributed by atoms with Crippen LogP contribution < -0.4 is 11.1 Å². The van der Waals surface area contributed by atoms with Crippen LogP contribution in [0.5, 0.6) is 0 Å². The van der Waals surface area contributed by atoms with E-state index in [0.29, 0.717) is 18.7 Å². The third-order valence-corrected chi connectivity index (χ3v) is 6.37. The lowest BCUT2D eigenvalue weighted by Gasteiger charge is -2.21. The average Bonchev–Trinajstić information content (AvgIpc) is 2.87. The number of allylic oxidation sites excluding steroid dienone is 1. The van der Waals surface area contributed by atoms with E-state index in [2.05, 4.69) is 18.3 Å². The molecule has 0 bridgehead atoms. The number of nitrogens with two attached hydrogens (primary N) is 1. The van der Waals surface area contributed by atoms with E-state index in [1.165, 1.54) is 5.56 Å².